The molecule has 0 atom stereocenters. The number of aromatic nitrogens is 2. The largest absolute Gasteiger partial charge is 0.473 e. The molecule has 184 valence electrons. The van der Waals surface area contributed by atoms with Gasteiger partial charge in [0.1, 0.15) is 17.4 Å². The number of benzene rings is 1. The molecular formula is C23H30N4O6S. The summed E-state index contributed by atoms with van der Waals surface area (Å²) in [7, 11) is -3.33. The molecule has 1 aliphatic rings. The maximum absolute atomic E-state index is 12.5. The summed E-state index contributed by atoms with van der Waals surface area (Å²) >= 11 is 0. The average molecular weight is 491 g/mol. The number of aryl methyl sites for hydroxylation is 1. The van der Waals surface area contributed by atoms with Crippen LogP contribution in [0.3, 0.4) is 0 Å². The molecule has 34 heavy (non-hydrogen) atoms. The Morgan fingerprint density at radius 3 is 2.32 bits per heavy atom. The van der Waals surface area contributed by atoms with Gasteiger partial charge in [0, 0.05) is 37.9 Å². The molecule has 0 spiro atoms. The van der Waals surface area contributed by atoms with Gasteiger partial charge in [0.2, 0.25) is 5.88 Å². The zero-order valence-corrected chi connectivity index (χ0v) is 20.8. The van der Waals surface area contributed by atoms with Crippen molar-refractivity contribution in [3.8, 4) is 5.88 Å². The molecule has 2 heterocycles. The first-order valence-electron chi connectivity index (χ1n) is 10.9. The summed E-state index contributed by atoms with van der Waals surface area (Å²) < 4.78 is 34.6. The van der Waals surface area contributed by atoms with E-state index < -0.39 is 21.3 Å². The lowest BCUT2D eigenvalue weighted by molar-refractivity contribution is 0.0122. The quantitative estimate of drug-likeness (QED) is 0.677. The van der Waals surface area contributed by atoms with Crippen LogP contribution in [0.2, 0.25) is 0 Å². The highest BCUT2D eigenvalue weighted by atomic mass is 32.2. The van der Waals surface area contributed by atoms with Crippen molar-refractivity contribution in [2.24, 2.45) is 0 Å². The van der Waals surface area contributed by atoms with Crippen molar-refractivity contribution in [3.63, 3.8) is 0 Å². The van der Waals surface area contributed by atoms with Crippen LogP contribution in [0, 0.1) is 6.92 Å². The molecule has 1 aromatic heterocycles. The van der Waals surface area contributed by atoms with Gasteiger partial charge in [0.15, 0.2) is 9.84 Å². The Morgan fingerprint density at radius 2 is 1.79 bits per heavy atom. The highest BCUT2D eigenvalue weighted by molar-refractivity contribution is 7.90. The number of carbonyl (C=O) groups excluding carboxylic acids is 2. The lowest BCUT2D eigenvalue weighted by atomic mass is 10.1. The number of likely N-dealkylation sites (tertiary alicyclic amines) is 1. The minimum Gasteiger partial charge on any atom is -0.473 e. The molecule has 1 fully saturated rings. The predicted molar refractivity (Wildman–Crippen MR) is 126 cm³/mol. The SMILES string of the molecule is Cc1cc(S(C)(=O)=O)ccc1NC(=O)c1cnc(OC2CCN(C(=O)OC(C)(C)C)CC2)cn1. The third-order valence-electron chi connectivity index (χ3n) is 5.12. The van der Waals surface area contributed by atoms with E-state index in [0.717, 1.165) is 6.26 Å². The Kier molecular flexibility index (Phi) is 7.44. The fourth-order valence-corrected chi connectivity index (χ4v) is 4.05. The number of hydrogen-bond acceptors (Lipinski definition) is 8. The van der Waals surface area contributed by atoms with Crippen molar-refractivity contribution >= 4 is 27.5 Å². The van der Waals surface area contributed by atoms with Crippen LogP contribution < -0.4 is 10.1 Å². The second-order valence-electron chi connectivity index (χ2n) is 9.23. The Bertz CT molecular complexity index is 1150. The van der Waals surface area contributed by atoms with Crippen LogP contribution in [0.5, 0.6) is 5.88 Å². The summed E-state index contributed by atoms with van der Waals surface area (Å²) in [6.07, 6.45) is 4.64. The number of piperidine rings is 1. The number of anilines is 1. The minimum atomic E-state index is -3.33. The Balaban J connectivity index is 1.54. The summed E-state index contributed by atoms with van der Waals surface area (Å²) in [5.74, 6) is -0.180. The molecule has 11 heteroatoms. The van der Waals surface area contributed by atoms with Crippen LogP contribution in [0.1, 0.15) is 49.7 Å². The zero-order chi connectivity index (χ0) is 25.1. The Morgan fingerprint density at radius 1 is 1.12 bits per heavy atom. The van der Waals surface area contributed by atoms with Gasteiger partial charge in [0.25, 0.3) is 5.91 Å². The van der Waals surface area contributed by atoms with Gasteiger partial charge in [-0.2, -0.15) is 0 Å². The van der Waals surface area contributed by atoms with E-state index in [0.29, 0.717) is 43.1 Å². The van der Waals surface area contributed by atoms with E-state index >= 15 is 0 Å². The number of nitrogens with zero attached hydrogens (tertiary/aromatic N) is 3. The van der Waals surface area contributed by atoms with Crippen molar-refractivity contribution in [2.75, 3.05) is 24.7 Å². The zero-order valence-electron chi connectivity index (χ0n) is 20.0. The van der Waals surface area contributed by atoms with Gasteiger partial charge < -0.3 is 19.7 Å². The molecule has 0 saturated carbocycles. The Hall–Kier alpha value is -3.21. The molecule has 2 aromatic rings. The molecule has 3 rings (SSSR count). The molecule has 0 radical (unpaired) electrons. The van der Waals surface area contributed by atoms with E-state index in [1.807, 2.05) is 20.8 Å². The monoisotopic (exact) mass is 490 g/mol. The standard InChI is InChI=1S/C23H30N4O6S/c1-15-12-17(34(5,30)31)6-7-18(15)26-21(28)19-13-25-20(14-24-19)32-16-8-10-27(11-9-16)22(29)33-23(2,3)4/h6-7,12-14,16H,8-11H2,1-5H3,(H,26,28). The summed E-state index contributed by atoms with van der Waals surface area (Å²) in [4.78, 5) is 34.8. The molecule has 0 bridgehead atoms. The van der Waals surface area contributed by atoms with Gasteiger partial charge in [0.05, 0.1) is 17.3 Å². The topological polar surface area (TPSA) is 128 Å². The van der Waals surface area contributed by atoms with Crippen LogP contribution >= 0.6 is 0 Å². The number of carbonyl (C=O) groups is 2. The molecule has 1 saturated heterocycles. The molecule has 2 amide bonds. The number of rotatable bonds is 5. The highest BCUT2D eigenvalue weighted by Crippen LogP contribution is 2.21. The number of sulfone groups is 1. The molecule has 10 nitrogen and oxygen atoms in total. The smallest absolute Gasteiger partial charge is 0.410 e. The third kappa shape index (κ3) is 6.89. The fraction of sp³-hybridized carbons (Fsp3) is 0.478. The molecule has 1 N–H and O–H groups in total. The van der Waals surface area contributed by atoms with Crippen molar-refractivity contribution in [3.05, 3.63) is 41.9 Å². The Labute approximate surface area is 199 Å². The molecule has 1 aromatic carbocycles. The van der Waals surface area contributed by atoms with Crippen molar-refractivity contribution in [1.82, 2.24) is 14.9 Å². The number of ether oxygens (including phenoxy) is 2. The number of hydrogen-bond donors (Lipinski definition) is 1. The lowest BCUT2D eigenvalue weighted by Crippen LogP contribution is -2.44. The van der Waals surface area contributed by atoms with Crippen molar-refractivity contribution in [2.45, 2.75) is 57.1 Å². The predicted octanol–water partition coefficient (Wildman–Crippen LogP) is 3.22. The average Bonchev–Trinajstić information content (AvgIpc) is 2.74. The summed E-state index contributed by atoms with van der Waals surface area (Å²) in [6.45, 7) is 8.24. The first-order chi connectivity index (χ1) is 15.8. The van der Waals surface area contributed by atoms with Gasteiger partial charge >= 0.3 is 6.09 Å². The van der Waals surface area contributed by atoms with E-state index in [4.69, 9.17) is 9.47 Å². The molecule has 1 aliphatic heterocycles. The summed E-state index contributed by atoms with van der Waals surface area (Å²) in [6, 6.07) is 4.48. The minimum absolute atomic E-state index is 0.0960. The van der Waals surface area contributed by atoms with Crippen molar-refractivity contribution < 1.29 is 27.5 Å². The van der Waals surface area contributed by atoms with E-state index in [9.17, 15) is 18.0 Å². The third-order valence-corrected chi connectivity index (χ3v) is 6.23. The number of nitrogens with one attached hydrogen (secondary N) is 1. The van der Waals surface area contributed by atoms with Crippen LogP contribution in [0.25, 0.3) is 0 Å². The van der Waals surface area contributed by atoms with Crippen molar-refractivity contribution in [1.29, 1.82) is 0 Å². The van der Waals surface area contributed by atoms with Gasteiger partial charge in [-0.1, -0.05) is 0 Å². The van der Waals surface area contributed by atoms with Gasteiger partial charge in [-0.15, -0.1) is 0 Å². The van der Waals surface area contributed by atoms with E-state index in [-0.39, 0.29) is 22.8 Å². The van der Waals surface area contributed by atoms with E-state index in [2.05, 4.69) is 15.3 Å². The molecule has 0 unspecified atom stereocenters. The van der Waals surface area contributed by atoms with Crippen LogP contribution in [0.15, 0.2) is 35.5 Å². The maximum atomic E-state index is 12.5. The van der Waals surface area contributed by atoms with E-state index in [1.165, 1.54) is 30.6 Å². The second-order valence-corrected chi connectivity index (χ2v) is 11.2. The van der Waals surface area contributed by atoms with Gasteiger partial charge in [-0.3, -0.25) is 4.79 Å². The second kappa shape index (κ2) is 9.96. The summed E-state index contributed by atoms with van der Waals surface area (Å²) in [5.41, 5.74) is 0.656. The maximum Gasteiger partial charge on any atom is 0.410 e. The molecule has 0 aliphatic carbocycles. The first-order valence-corrected chi connectivity index (χ1v) is 12.8. The van der Waals surface area contributed by atoms with Crippen LogP contribution in [-0.2, 0) is 14.6 Å². The highest BCUT2D eigenvalue weighted by Gasteiger charge is 2.28. The van der Waals surface area contributed by atoms with Gasteiger partial charge in [-0.25, -0.2) is 23.2 Å². The summed E-state index contributed by atoms with van der Waals surface area (Å²) in [5, 5.41) is 2.71. The normalized spacial score (nSPS) is 15.0. The molecular weight excluding hydrogens is 460 g/mol. The van der Waals surface area contributed by atoms with Crippen LogP contribution in [0.4, 0.5) is 10.5 Å². The van der Waals surface area contributed by atoms with E-state index in [1.54, 1.807) is 11.8 Å². The lowest BCUT2D eigenvalue weighted by Gasteiger charge is -2.33. The number of amides is 2. The fourth-order valence-electron chi connectivity index (χ4n) is 3.34. The van der Waals surface area contributed by atoms with Crippen LogP contribution in [-0.4, -0.2) is 66.3 Å². The first kappa shape index (κ1) is 25.4. The van der Waals surface area contributed by atoms with Gasteiger partial charge in [-0.05, 0) is 51.5 Å².